The molecule has 0 spiro atoms. The lowest BCUT2D eigenvalue weighted by atomic mass is 10.1. The number of amides is 2. The molecule has 0 saturated heterocycles. The first-order chi connectivity index (χ1) is 10.7. The maximum absolute atomic E-state index is 11.9. The molecule has 0 aliphatic carbocycles. The summed E-state index contributed by atoms with van der Waals surface area (Å²) in [4.78, 5) is 25.3. The van der Waals surface area contributed by atoms with Crippen LogP contribution in [0.2, 0.25) is 0 Å². The summed E-state index contributed by atoms with van der Waals surface area (Å²) in [5.74, 6) is 0.753. The molecule has 23 heavy (non-hydrogen) atoms. The summed E-state index contributed by atoms with van der Waals surface area (Å²) in [6.45, 7) is 8.38. The van der Waals surface area contributed by atoms with Crippen molar-refractivity contribution in [2.24, 2.45) is 0 Å². The molecule has 0 radical (unpaired) electrons. The van der Waals surface area contributed by atoms with Gasteiger partial charge in [-0.1, -0.05) is 12.1 Å². The molecule has 1 N–H and O–H groups in total. The topological polar surface area (TPSA) is 58.6 Å². The molecule has 0 heterocycles. The van der Waals surface area contributed by atoms with Gasteiger partial charge in [0, 0.05) is 32.0 Å². The number of carbonyl (C=O) groups excluding carboxylic acids is 2. The fourth-order valence-corrected chi connectivity index (χ4v) is 2.24. The lowest BCUT2D eigenvalue weighted by molar-refractivity contribution is -0.129. The molecule has 0 aromatic heterocycles. The summed E-state index contributed by atoms with van der Waals surface area (Å²) in [7, 11) is 1.63. The second kappa shape index (κ2) is 8.56. The smallest absolute Gasteiger partial charge is 0.222 e. The molecule has 0 aliphatic rings. The summed E-state index contributed by atoms with van der Waals surface area (Å²) >= 11 is 0. The van der Waals surface area contributed by atoms with Crippen LogP contribution in [-0.4, -0.2) is 42.5 Å². The van der Waals surface area contributed by atoms with Gasteiger partial charge in [-0.3, -0.25) is 9.59 Å². The van der Waals surface area contributed by atoms with Gasteiger partial charge in [0.15, 0.2) is 0 Å². The van der Waals surface area contributed by atoms with Crippen molar-refractivity contribution in [3.05, 3.63) is 29.8 Å². The van der Waals surface area contributed by atoms with Crippen LogP contribution >= 0.6 is 0 Å². The summed E-state index contributed by atoms with van der Waals surface area (Å²) in [5, 5.41) is 2.91. The number of rotatable bonds is 7. The molecule has 1 aromatic rings. The number of benzene rings is 1. The summed E-state index contributed by atoms with van der Waals surface area (Å²) in [6.07, 6.45) is 1.05. The Bertz CT molecular complexity index is 535. The monoisotopic (exact) mass is 320 g/mol. The quantitative estimate of drug-likeness (QED) is 0.839. The van der Waals surface area contributed by atoms with E-state index >= 15 is 0 Å². The van der Waals surface area contributed by atoms with Gasteiger partial charge in [0.1, 0.15) is 5.75 Å². The van der Waals surface area contributed by atoms with Crippen LogP contribution in [-0.2, 0) is 16.0 Å². The number of hydrogen-bond donors (Lipinski definition) is 1. The molecule has 128 valence electrons. The van der Waals surface area contributed by atoms with Crippen LogP contribution in [0.5, 0.6) is 5.75 Å². The van der Waals surface area contributed by atoms with E-state index < -0.39 is 0 Å². The van der Waals surface area contributed by atoms with Crippen LogP contribution in [0, 0.1) is 0 Å². The van der Waals surface area contributed by atoms with E-state index in [1.165, 1.54) is 6.92 Å². The first-order valence-corrected chi connectivity index (χ1v) is 7.91. The van der Waals surface area contributed by atoms with Crippen molar-refractivity contribution >= 4 is 11.8 Å². The highest BCUT2D eigenvalue weighted by atomic mass is 16.5. The van der Waals surface area contributed by atoms with Gasteiger partial charge in [-0.25, -0.2) is 0 Å². The second-order valence-electron chi connectivity index (χ2n) is 6.66. The summed E-state index contributed by atoms with van der Waals surface area (Å²) in [6, 6.07) is 7.80. The van der Waals surface area contributed by atoms with Gasteiger partial charge in [0.2, 0.25) is 11.8 Å². The molecule has 5 nitrogen and oxygen atoms in total. The summed E-state index contributed by atoms with van der Waals surface area (Å²) in [5.41, 5.74) is 0.855. The Morgan fingerprint density at radius 3 is 2.48 bits per heavy atom. The number of methoxy groups -OCH3 is 1. The highest BCUT2D eigenvalue weighted by Gasteiger charge is 2.16. The molecule has 0 unspecified atom stereocenters. The van der Waals surface area contributed by atoms with Gasteiger partial charge >= 0.3 is 0 Å². The lowest BCUT2D eigenvalue weighted by Gasteiger charge is -2.24. The first-order valence-electron chi connectivity index (χ1n) is 7.91. The molecule has 1 rings (SSSR count). The zero-order valence-electron chi connectivity index (χ0n) is 14.8. The summed E-state index contributed by atoms with van der Waals surface area (Å²) < 4.78 is 5.20. The van der Waals surface area contributed by atoms with Crippen molar-refractivity contribution in [1.29, 1.82) is 0 Å². The van der Waals surface area contributed by atoms with Crippen LogP contribution in [0.15, 0.2) is 24.3 Å². The SMILES string of the molecule is COc1cccc(CCN(CCC(=O)NC(C)(C)C)C(C)=O)c1. The Labute approximate surface area is 139 Å². The molecule has 1 aromatic carbocycles. The molecule has 5 heteroatoms. The van der Waals surface area contributed by atoms with E-state index in [0.29, 0.717) is 19.5 Å². The number of carbonyl (C=O) groups is 2. The third-order valence-electron chi connectivity index (χ3n) is 3.37. The highest BCUT2D eigenvalue weighted by molar-refractivity contribution is 5.78. The predicted octanol–water partition coefficient (Wildman–Crippen LogP) is 2.39. The molecule has 0 bridgehead atoms. The van der Waals surface area contributed by atoms with E-state index in [1.807, 2.05) is 45.0 Å². The van der Waals surface area contributed by atoms with Crippen molar-refractivity contribution in [3.8, 4) is 5.75 Å². The Morgan fingerprint density at radius 2 is 1.91 bits per heavy atom. The number of hydrogen-bond acceptors (Lipinski definition) is 3. The van der Waals surface area contributed by atoms with Crippen molar-refractivity contribution in [2.75, 3.05) is 20.2 Å². The predicted molar refractivity (Wildman–Crippen MR) is 91.5 cm³/mol. The first kappa shape index (κ1) is 19.0. The van der Waals surface area contributed by atoms with Crippen molar-refractivity contribution in [2.45, 2.75) is 46.1 Å². The standard InChI is InChI=1S/C18H28N2O3/c1-14(21)20(12-10-17(22)19-18(2,3)4)11-9-15-7-6-8-16(13-15)23-5/h6-8,13H,9-12H2,1-5H3,(H,19,22). The van der Waals surface area contributed by atoms with E-state index in [2.05, 4.69) is 5.32 Å². The minimum Gasteiger partial charge on any atom is -0.497 e. The van der Waals surface area contributed by atoms with E-state index in [0.717, 1.165) is 17.7 Å². The molecule has 0 atom stereocenters. The minimum atomic E-state index is -0.251. The molecule has 2 amide bonds. The normalized spacial score (nSPS) is 11.0. The fraction of sp³-hybridized carbons (Fsp3) is 0.556. The Kier molecular flexibility index (Phi) is 7.07. The zero-order valence-corrected chi connectivity index (χ0v) is 14.8. The molecule has 0 saturated carbocycles. The maximum Gasteiger partial charge on any atom is 0.222 e. The van der Waals surface area contributed by atoms with Crippen LogP contribution in [0.3, 0.4) is 0 Å². The Balaban J connectivity index is 2.52. The Morgan fingerprint density at radius 1 is 1.22 bits per heavy atom. The van der Waals surface area contributed by atoms with Gasteiger partial charge in [0.05, 0.1) is 7.11 Å². The lowest BCUT2D eigenvalue weighted by Crippen LogP contribution is -2.42. The van der Waals surface area contributed by atoms with Crippen LogP contribution in [0.25, 0.3) is 0 Å². The average Bonchev–Trinajstić information content (AvgIpc) is 2.45. The third kappa shape index (κ3) is 7.68. The van der Waals surface area contributed by atoms with Crippen molar-refractivity contribution in [3.63, 3.8) is 0 Å². The molecule has 0 fully saturated rings. The van der Waals surface area contributed by atoms with Crippen LogP contribution in [0.4, 0.5) is 0 Å². The number of ether oxygens (including phenoxy) is 1. The maximum atomic E-state index is 11.9. The van der Waals surface area contributed by atoms with Crippen LogP contribution in [0.1, 0.15) is 39.7 Å². The molecular weight excluding hydrogens is 292 g/mol. The number of nitrogens with zero attached hydrogens (tertiary/aromatic N) is 1. The molecule has 0 aliphatic heterocycles. The number of nitrogens with one attached hydrogen (secondary N) is 1. The minimum absolute atomic E-state index is 0.0172. The fourth-order valence-electron chi connectivity index (χ4n) is 2.24. The molecular formula is C18H28N2O3. The largest absolute Gasteiger partial charge is 0.497 e. The van der Waals surface area contributed by atoms with Gasteiger partial charge < -0.3 is 15.0 Å². The van der Waals surface area contributed by atoms with E-state index in [9.17, 15) is 9.59 Å². The van der Waals surface area contributed by atoms with Crippen molar-refractivity contribution in [1.82, 2.24) is 10.2 Å². The van der Waals surface area contributed by atoms with E-state index in [1.54, 1.807) is 12.0 Å². The van der Waals surface area contributed by atoms with E-state index in [4.69, 9.17) is 4.74 Å². The van der Waals surface area contributed by atoms with Gasteiger partial charge in [-0.2, -0.15) is 0 Å². The second-order valence-corrected chi connectivity index (χ2v) is 6.66. The van der Waals surface area contributed by atoms with Crippen molar-refractivity contribution < 1.29 is 14.3 Å². The Hall–Kier alpha value is -2.04. The zero-order chi connectivity index (χ0) is 17.5. The average molecular weight is 320 g/mol. The van der Waals surface area contributed by atoms with Gasteiger partial charge in [-0.05, 0) is 44.9 Å². The van der Waals surface area contributed by atoms with E-state index in [-0.39, 0.29) is 17.4 Å². The van der Waals surface area contributed by atoms with Crippen LogP contribution < -0.4 is 10.1 Å². The highest BCUT2D eigenvalue weighted by Crippen LogP contribution is 2.13. The third-order valence-corrected chi connectivity index (χ3v) is 3.37. The van der Waals surface area contributed by atoms with Gasteiger partial charge in [0.25, 0.3) is 0 Å². The van der Waals surface area contributed by atoms with Gasteiger partial charge in [-0.15, -0.1) is 0 Å².